The van der Waals surface area contributed by atoms with E-state index in [0.29, 0.717) is 30.8 Å². The topological polar surface area (TPSA) is 47.5 Å². The molecule has 0 amide bonds. The number of halogens is 1. The van der Waals surface area contributed by atoms with Crippen LogP contribution in [0.3, 0.4) is 0 Å². The zero-order valence-corrected chi connectivity index (χ0v) is 11.5. The van der Waals surface area contributed by atoms with Crippen molar-refractivity contribution >= 4 is 17.4 Å². The van der Waals surface area contributed by atoms with E-state index >= 15 is 0 Å². The lowest BCUT2D eigenvalue weighted by atomic mass is 10.3. The van der Waals surface area contributed by atoms with Crippen molar-refractivity contribution in [3.63, 3.8) is 0 Å². The Balaban J connectivity index is 2.16. The monoisotopic (exact) mass is 271 g/mol. The number of ether oxygens (including phenoxy) is 2. The van der Waals surface area contributed by atoms with E-state index in [-0.39, 0.29) is 6.10 Å². The molecule has 5 nitrogen and oxygen atoms in total. The highest BCUT2D eigenvalue weighted by molar-refractivity contribution is 6.18. The predicted molar refractivity (Wildman–Crippen MR) is 70.6 cm³/mol. The van der Waals surface area contributed by atoms with Crippen LogP contribution in [0.4, 0.5) is 5.82 Å². The number of morpholine rings is 1. The molecule has 0 aliphatic carbocycles. The van der Waals surface area contributed by atoms with Gasteiger partial charge in [0.1, 0.15) is 11.6 Å². The summed E-state index contributed by atoms with van der Waals surface area (Å²) in [5.41, 5.74) is 0. The maximum atomic E-state index is 5.84. The van der Waals surface area contributed by atoms with Crippen molar-refractivity contribution in [3.05, 3.63) is 11.9 Å². The molecule has 1 unspecified atom stereocenters. The smallest absolute Gasteiger partial charge is 0.218 e. The van der Waals surface area contributed by atoms with Gasteiger partial charge in [0.25, 0.3) is 0 Å². The van der Waals surface area contributed by atoms with Crippen LogP contribution in [0.2, 0.25) is 0 Å². The van der Waals surface area contributed by atoms with Crippen molar-refractivity contribution in [2.75, 3.05) is 37.1 Å². The third-order valence-corrected chi connectivity index (χ3v) is 3.07. The van der Waals surface area contributed by atoms with E-state index in [2.05, 4.69) is 14.9 Å². The van der Waals surface area contributed by atoms with Gasteiger partial charge in [-0.2, -0.15) is 4.98 Å². The normalized spacial score (nSPS) is 19.9. The zero-order valence-electron chi connectivity index (χ0n) is 10.7. The molecule has 6 heteroatoms. The fourth-order valence-electron chi connectivity index (χ4n) is 1.93. The van der Waals surface area contributed by atoms with E-state index in [1.807, 2.05) is 19.9 Å². The Hall–Kier alpha value is -1.07. The van der Waals surface area contributed by atoms with Gasteiger partial charge in [-0.1, -0.05) is 0 Å². The van der Waals surface area contributed by atoms with Crippen LogP contribution < -0.4 is 9.64 Å². The standard InChI is InChI=1S/C12H18ClN3O2/c1-3-17-12-6-11(14-9(2)15-12)16-4-5-18-10(7-13)8-16/h6,10H,3-5,7-8H2,1-2H3. The molecule has 1 aromatic rings. The van der Waals surface area contributed by atoms with Crippen molar-refractivity contribution in [2.24, 2.45) is 0 Å². The second kappa shape index (κ2) is 6.20. The van der Waals surface area contributed by atoms with Crippen molar-refractivity contribution in [1.82, 2.24) is 9.97 Å². The number of hydrogen-bond donors (Lipinski definition) is 0. The number of aromatic nitrogens is 2. The molecular weight excluding hydrogens is 254 g/mol. The van der Waals surface area contributed by atoms with Gasteiger partial charge in [-0.15, -0.1) is 11.6 Å². The SMILES string of the molecule is CCOc1cc(N2CCOC(CCl)C2)nc(C)n1. The van der Waals surface area contributed by atoms with E-state index in [1.54, 1.807) is 0 Å². The third kappa shape index (κ3) is 3.23. The van der Waals surface area contributed by atoms with Gasteiger partial charge in [0, 0.05) is 19.2 Å². The van der Waals surface area contributed by atoms with Crippen molar-refractivity contribution < 1.29 is 9.47 Å². The minimum Gasteiger partial charge on any atom is -0.478 e. The van der Waals surface area contributed by atoms with Crippen LogP contribution in [0, 0.1) is 6.92 Å². The summed E-state index contributed by atoms with van der Waals surface area (Å²) in [5.74, 6) is 2.71. The van der Waals surface area contributed by atoms with Crippen molar-refractivity contribution in [2.45, 2.75) is 20.0 Å². The van der Waals surface area contributed by atoms with E-state index in [4.69, 9.17) is 21.1 Å². The first kappa shape index (κ1) is 13.4. The average Bonchev–Trinajstić information content (AvgIpc) is 2.38. The minimum absolute atomic E-state index is 0.0613. The predicted octanol–water partition coefficient (Wildman–Crippen LogP) is 1.63. The molecule has 2 heterocycles. The Kier molecular flexibility index (Phi) is 4.60. The van der Waals surface area contributed by atoms with Gasteiger partial charge in [-0.25, -0.2) is 4.98 Å². The molecule has 18 heavy (non-hydrogen) atoms. The summed E-state index contributed by atoms with van der Waals surface area (Å²) in [7, 11) is 0. The number of aryl methyl sites for hydroxylation is 1. The Morgan fingerprint density at radius 2 is 2.39 bits per heavy atom. The molecule has 1 aliphatic rings. The molecule has 1 aliphatic heterocycles. The summed E-state index contributed by atoms with van der Waals surface area (Å²) >= 11 is 5.84. The Morgan fingerprint density at radius 3 is 3.11 bits per heavy atom. The van der Waals surface area contributed by atoms with Crippen LogP contribution in [-0.2, 0) is 4.74 Å². The third-order valence-electron chi connectivity index (χ3n) is 2.73. The largest absolute Gasteiger partial charge is 0.478 e. The van der Waals surface area contributed by atoms with Gasteiger partial charge in [0.15, 0.2) is 0 Å². The van der Waals surface area contributed by atoms with Crippen LogP contribution in [0.1, 0.15) is 12.7 Å². The minimum atomic E-state index is 0.0613. The van der Waals surface area contributed by atoms with Crippen LogP contribution in [0.5, 0.6) is 5.88 Å². The second-order valence-electron chi connectivity index (χ2n) is 4.14. The molecule has 0 bridgehead atoms. The zero-order chi connectivity index (χ0) is 13.0. The Bertz CT molecular complexity index is 403. The maximum Gasteiger partial charge on any atom is 0.218 e. The summed E-state index contributed by atoms with van der Waals surface area (Å²) in [6.45, 7) is 6.65. The lowest BCUT2D eigenvalue weighted by Gasteiger charge is -2.33. The molecule has 1 fully saturated rings. The number of hydrogen-bond acceptors (Lipinski definition) is 5. The molecule has 0 saturated carbocycles. The summed E-state index contributed by atoms with van der Waals surface area (Å²) < 4.78 is 11.0. The van der Waals surface area contributed by atoms with E-state index in [9.17, 15) is 0 Å². The number of alkyl halides is 1. The van der Waals surface area contributed by atoms with Crippen LogP contribution in [-0.4, -0.2) is 48.3 Å². The van der Waals surface area contributed by atoms with Gasteiger partial charge >= 0.3 is 0 Å². The van der Waals surface area contributed by atoms with Gasteiger partial charge < -0.3 is 14.4 Å². The van der Waals surface area contributed by atoms with Gasteiger partial charge in [0.05, 0.1) is 25.2 Å². The van der Waals surface area contributed by atoms with Crippen LogP contribution >= 0.6 is 11.6 Å². The summed E-state index contributed by atoms with van der Waals surface area (Å²) in [5, 5.41) is 0. The fourth-order valence-corrected chi connectivity index (χ4v) is 2.12. The number of rotatable bonds is 4. The average molecular weight is 272 g/mol. The highest BCUT2D eigenvalue weighted by atomic mass is 35.5. The molecule has 1 aromatic heterocycles. The van der Waals surface area contributed by atoms with Gasteiger partial charge in [-0.3, -0.25) is 0 Å². The second-order valence-corrected chi connectivity index (χ2v) is 4.45. The number of anilines is 1. The highest BCUT2D eigenvalue weighted by Gasteiger charge is 2.21. The first-order valence-corrected chi connectivity index (χ1v) is 6.67. The molecule has 0 spiro atoms. The molecule has 0 aromatic carbocycles. The molecule has 1 saturated heterocycles. The van der Waals surface area contributed by atoms with E-state index < -0.39 is 0 Å². The Morgan fingerprint density at radius 1 is 1.56 bits per heavy atom. The highest BCUT2D eigenvalue weighted by Crippen LogP contribution is 2.20. The van der Waals surface area contributed by atoms with E-state index in [0.717, 1.165) is 18.9 Å². The molecule has 100 valence electrons. The number of nitrogens with zero attached hydrogens (tertiary/aromatic N) is 3. The van der Waals surface area contributed by atoms with Crippen molar-refractivity contribution in [3.8, 4) is 5.88 Å². The molecule has 0 radical (unpaired) electrons. The Labute approximate surface area is 112 Å². The van der Waals surface area contributed by atoms with Crippen LogP contribution in [0.25, 0.3) is 0 Å². The van der Waals surface area contributed by atoms with Crippen molar-refractivity contribution in [1.29, 1.82) is 0 Å². The quantitative estimate of drug-likeness (QED) is 0.779. The lowest BCUT2D eigenvalue weighted by molar-refractivity contribution is 0.0551. The summed E-state index contributed by atoms with van der Waals surface area (Å²) in [6, 6.07) is 1.87. The summed E-state index contributed by atoms with van der Waals surface area (Å²) in [4.78, 5) is 10.8. The van der Waals surface area contributed by atoms with E-state index in [1.165, 1.54) is 0 Å². The van der Waals surface area contributed by atoms with Gasteiger partial charge in [0.2, 0.25) is 5.88 Å². The fraction of sp³-hybridized carbons (Fsp3) is 0.667. The molecule has 2 rings (SSSR count). The maximum absolute atomic E-state index is 5.84. The first-order chi connectivity index (χ1) is 8.72. The molecule has 0 N–H and O–H groups in total. The van der Waals surface area contributed by atoms with Crippen LogP contribution in [0.15, 0.2) is 6.07 Å². The molecular formula is C12H18ClN3O2. The summed E-state index contributed by atoms with van der Waals surface area (Å²) in [6.07, 6.45) is 0.0613. The van der Waals surface area contributed by atoms with Gasteiger partial charge in [-0.05, 0) is 13.8 Å². The molecule has 1 atom stereocenters. The first-order valence-electron chi connectivity index (χ1n) is 6.14. The lowest BCUT2D eigenvalue weighted by Crippen LogP contribution is -2.43.